The Bertz CT molecular complexity index is 985. The van der Waals surface area contributed by atoms with Crippen molar-refractivity contribution in [2.24, 2.45) is 34.5 Å². The lowest BCUT2D eigenvalue weighted by Gasteiger charge is -2.62. The third-order valence-electron chi connectivity index (χ3n) is 14.2. The molecule has 0 aromatic heterocycles. The summed E-state index contributed by atoms with van der Waals surface area (Å²) < 4.78 is 13.7. The zero-order chi connectivity index (χ0) is 29.7. The van der Waals surface area contributed by atoms with Gasteiger partial charge in [-0.2, -0.15) is 0 Å². The van der Waals surface area contributed by atoms with Crippen LogP contribution in [-0.2, 0) is 19.1 Å². The van der Waals surface area contributed by atoms with Gasteiger partial charge < -0.3 is 14.0 Å². The second kappa shape index (κ2) is 12.0. The number of esters is 2. The summed E-state index contributed by atoms with van der Waals surface area (Å²) in [6, 6.07) is 0.780. The third kappa shape index (κ3) is 5.48. The molecule has 0 radical (unpaired) electrons. The van der Waals surface area contributed by atoms with E-state index in [0.29, 0.717) is 35.8 Å². The Kier molecular flexibility index (Phi) is 8.81. The number of nitrogens with zero attached hydrogens (tertiary/aromatic N) is 2. The fourth-order valence-corrected chi connectivity index (χ4v) is 12.1. The highest BCUT2D eigenvalue weighted by molar-refractivity contribution is 5.66. The highest BCUT2D eigenvalue weighted by atomic mass is 16.5. The van der Waals surface area contributed by atoms with Gasteiger partial charge in [-0.15, -0.1) is 0 Å². The summed E-state index contributed by atoms with van der Waals surface area (Å²) in [6.45, 7) is 13.2. The molecule has 0 aromatic carbocycles. The highest BCUT2D eigenvalue weighted by Gasteiger charge is 2.67. The number of hydrogen-bond acceptors (Lipinski definition) is 5. The van der Waals surface area contributed by atoms with Crippen LogP contribution in [0.15, 0.2) is 0 Å². The minimum absolute atomic E-state index is 0.0409. The zero-order valence-electron chi connectivity index (χ0n) is 27.6. The van der Waals surface area contributed by atoms with E-state index in [1.165, 1.54) is 103 Å². The number of ether oxygens (including phenoxy) is 2. The number of hydrogen-bond donors (Lipinski definition) is 0. The normalized spacial score (nSPS) is 45.8. The predicted octanol–water partition coefficient (Wildman–Crippen LogP) is 6.75. The maximum Gasteiger partial charge on any atom is 0.303 e. The average Bonchev–Trinajstić information content (AvgIpc) is 3.16. The first kappa shape index (κ1) is 30.9. The van der Waals surface area contributed by atoms with Crippen LogP contribution in [0.3, 0.4) is 0 Å². The van der Waals surface area contributed by atoms with Crippen molar-refractivity contribution in [1.82, 2.24) is 4.90 Å². The van der Waals surface area contributed by atoms with Crippen LogP contribution in [0, 0.1) is 34.5 Å². The summed E-state index contributed by atoms with van der Waals surface area (Å²) in [7, 11) is 2.49. The summed E-state index contributed by atoms with van der Waals surface area (Å²) in [4.78, 5) is 27.6. The molecule has 0 aromatic rings. The van der Waals surface area contributed by atoms with Crippen molar-refractivity contribution in [2.45, 2.75) is 148 Å². The molecule has 4 aliphatic carbocycles. The number of carbonyl (C=O) groups is 2. The van der Waals surface area contributed by atoms with E-state index >= 15 is 0 Å². The van der Waals surface area contributed by atoms with Gasteiger partial charge in [0.15, 0.2) is 6.10 Å². The van der Waals surface area contributed by atoms with E-state index < -0.39 is 0 Å². The van der Waals surface area contributed by atoms with Gasteiger partial charge in [-0.25, -0.2) is 0 Å². The molecule has 2 saturated heterocycles. The topological polar surface area (TPSA) is 55.8 Å². The molecular formula is C36H61N2O4+. The molecule has 6 nitrogen and oxygen atoms in total. The number of rotatable bonds is 4. The van der Waals surface area contributed by atoms with Crippen LogP contribution in [0.2, 0.25) is 0 Å². The molecular weight excluding hydrogens is 524 g/mol. The fraction of sp³-hybridized carbons (Fsp3) is 0.944. The molecule has 2 heterocycles. The molecule has 2 aliphatic heterocycles. The largest absolute Gasteiger partial charge is 0.461 e. The first-order valence-corrected chi connectivity index (χ1v) is 18.0. The van der Waals surface area contributed by atoms with Gasteiger partial charge in [0.2, 0.25) is 0 Å². The van der Waals surface area contributed by atoms with Crippen LogP contribution in [0.25, 0.3) is 0 Å². The van der Waals surface area contributed by atoms with Crippen molar-refractivity contribution < 1.29 is 23.5 Å². The van der Waals surface area contributed by atoms with Gasteiger partial charge in [0.05, 0.1) is 20.1 Å². The number of likely N-dealkylation sites (N-methyl/N-ethyl adjacent to an activating group) is 1. The maximum atomic E-state index is 12.6. The van der Waals surface area contributed by atoms with Crippen molar-refractivity contribution in [1.29, 1.82) is 0 Å². The Balaban J connectivity index is 1.29. The summed E-state index contributed by atoms with van der Waals surface area (Å²) in [5, 5.41) is 0. The highest BCUT2D eigenvalue weighted by Crippen LogP contribution is 2.67. The summed E-state index contributed by atoms with van der Waals surface area (Å²) in [6.07, 6.45) is 19.0. The Labute approximate surface area is 256 Å². The molecule has 6 heteroatoms. The van der Waals surface area contributed by atoms with Crippen molar-refractivity contribution in [2.75, 3.05) is 33.2 Å². The molecule has 6 fully saturated rings. The molecule has 0 amide bonds. The van der Waals surface area contributed by atoms with Crippen molar-refractivity contribution in [3.05, 3.63) is 0 Å². The third-order valence-corrected chi connectivity index (χ3v) is 14.2. The van der Waals surface area contributed by atoms with Crippen LogP contribution in [0.4, 0.5) is 0 Å². The Morgan fingerprint density at radius 2 is 1.40 bits per heavy atom. The van der Waals surface area contributed by atoms with Crippen LogP contribution >= 0.6 is 0 Å². The molecule has 6 aliphatic rings. The smallest absolute Gasteiger partial charge is 0.303 e. The maximum absolute atomic E-state index is 12.6. The Morgan fingerprint density at radius 3 is 2.05 bits per heavy atom. The Morgan fingerprint density at radius 1 is 0.762 bits per heavy atom. The monoisotopic (exact) mass is 585 g/mol. The molecule has 5 unspecified atom stereocenters. The lowest BCUT2D eigenvalue weighted by atomic mass is 9.44. The number of carbonyl (C=O) groups excluding carboxylic acids is 2. The average molecular weight is 586 g/mol. The predicted molar refractivity (Wildman–Crippen MR) is 166 cm³/mol. The zero-order valence-corrected chi connectivity index (χ0v) is 27.6. The molecule has 10 atom stereocenters. The summed E-state index contributed by atoms with van der Waals surface area (Å²) in [5.41, 5.74) is 0.362. The second-order valence-corrected chi connectivity index (χ2v) is 16.5. The van der Waals surface area contributed by atoms with E-state index in [1.807, 2.05) is 0 Å². The van der Waals surface area contributed by atoms with Gasteiger partial charge >= 0.3 is 11.9 Å². The van der Waals surface area contributed by atoms with Gasteiger partial charge in [0.1, 0.15) is 12.1 Å². The minimum atomic E-state index is -0.107. The molecule has 238 valence electrons. The van der Waals surface area contributed by atoms with E-state index in [1.54, 1.807) is 13.8 Å². The van der Waals surface area contributed by atoms with E-state index in [2.05, 4.69) is 25.8 Å². The SMILES string of the molecule is CC(=O)OC1CC2CC[C@@H]3[C@@H](CC[C@]4(C)C(OC(C)=O)C([N+]5(C)CCCCCC5)C[C@@H]34)[C@@]2(C)CC1N1CCCCCC1. The lowest BCUT2D eigenvalue weighted by Crippen LogP contribution is -2.61. The summed E-state index contributed by atoms with van der Waals surface area (Å²) >= 11 is 0. The molecule has 0 spiro atoms. The van der Waals surface area contributed by atoms with Crippen LogP contribution in [0.5, 0.6) is 0 Å². The lowest BCUT2D eigenvalue weighted by molar-refractivity contribution is -0.935. The van der Waals surface area contributed by atoms with Gasteiger partial charge in [-0.05, 0) is 119 Å². The van der Waals surface area contributed by atoms with Crippen LogP contribution < -0.4 is 0 Å². The van der Waals surface area contributed by atoms with Gasteiger partial charge in [0.25, 0.3) is 0 Å². The van der Waals surface area contributed by atoms with E-state index in [-0.39, 0.29) is 35.0 Å². The fourth-order valence-electron chi connectivity index (χ4n) is 12.1. The molecule has 6 rings (SSSR count). The quantitative estimate of drug-likeness (QED) is 0.270. The first-order valence-electron chi connectivity index (χ1n) is 18.0. The second-order valence-electron chi connectivity index (χ2n) is 16.5. The van der Waals surface area contributed by atoms with E-state index in [0.717, 1.165) is 24.0 Å². The van der Waals surface area contributed by atoms with Crippen molar-refractivity contribution in [3.63, 3.8) is 0 Å². The van der Waals surface area contributed by atoms with Crippen LogP contribution in [-0.4, -0.2) is 78.8 Å². The standard InChI is InChI=1S/C36H61N2O4/c1-25(39)41-33-22-27-14-15-28-29(36(27,4)24-31(33)37-18-10-6-7-11-19-37)16-17-35(3)30(28)23-32(34(35)42-26(2)40)38(5)20-12-8-9-13-21-38/h27-34H,6-24H2,1-5H3/q+1/t27?,28-,29-,30+,31?,32?,33?,34?,35+,36+/m1/s1. The molecule has 4 saturated carbocycles. The first-order chi connectivity index (χ1) is 20.0. The van der Waals surface area contributed by atoms with Gasteiger partial charge in [0, 0.05) is 31.7 Å². The van der Waals surface area contributed by atoms with Gasteiger partial charge in [-0.1, -0.05) is 26.7 Å². The van der Waals surface area contributed by atoms with E-state index in [9.17, 15) is 9.59 Å². The van der Waals surface area contributed by atoms with Crippen LogP contribution in [0.1, 0.15) is 124 Å². The van der Waals surface area contributed by atoms with E-state index in [4.69, 9.17) is 9.47 Å². The summed E-state index contributed by atoms with van der Waals surface area (Å²) in [5.74, 6) is 2.49. The van der Waals surface area contributed by atoms with Crippen molar-refractivity contribution >= 4 is 11.9 Å². The van der Waals surface area contributed by atoms with Crippen molar-refractivity contribution in [3.8, 4) is 0 Å². The number of fused-ring (bicyclic) bond motifs is 5. The number of quaternary nitrogens is 1. The molecule has 0 N–H and O–H groups in total. The number of likely N-dealkylation sites (tertiary alicyclic amines) is 2. The Hall–Kier alpha value is -1.14. The molecule has 0 bridgehead atoms. The van der Waals surface area contributed by atoms with Gasteiger partial charge in [-0.3, -0.25) is 14.5 Å². The molecule has 42 heavy (non-hydrogen) atoms. The minimum Gasteiger partial charge on any atom is -0.461 e.